The van der Waals surface area contributed by atoms with E-state index in [2.05, 4.69) is 32.7 Å². The highest BCUT2D eigenvalue weighted by Gasteiger charge is 2.62. The molecule has 0 heterocycles. The molecule has 0 aromatic carbocycles. The third kappa shape index (κ3) is 3.36. The Morgan fingerprint density at radius 2 is 1.77 bits per heavy atom. The number of unbranched alkanes of at least 4 members (excludes halogenated alkanes) is 1. The molecule has 4 nitrogen and oxygen atoms in total. The maximum absolute atomic E-state index is 12.5. The van der Waals surface area contributed by atoms with Crippen molar-refractivity contribution < 1.29 is 14.6 Å². The average molecular weight is 420 g/mol. The van der Waals surface area contributed by atoms with Gasteiger partial charge >= 0.3 is 5.97 Å². The molecule has 4 heteroatoms. The number of hydrogen-bond donors (Lipinski definition) is 1. The second kappa shape index (κ2) is 8.06. The van der Waals surface area contributed by atoms with Gasteiger partial charge in [-0.1, -0.05) is 27.2 Å². The Labute approximate surface area is 184 Å². The number of carbonyl (C=O) groups excluding carboxylic acids is 1. The Hall–Kier alpha value is -0.610. The third-order valence-corrected chi connectivity index (χ3v) is 10.7. The average Bonchev–Trinajstić information content (AvgIpc) is 3.09. The molecule has 8 atom stereocenters. The Kier molecular flexibility index (Phi) is 6.07. The van der Waals surface area contributed by atoms with Gasteiger partial charge in [0.2, 0.25) is 0 Å². The van der Waals surface area contributed by atoms with Gasteiger partial charge < -0.3 is 9.84 Å². The number of esters is 1. The summed E-state index contributed by atoms with van der Waals surface area (Å²) >= 11 is 0. The van der Waals surface area contributed by atoms with Crippen molar-refractivity contribution in [2.24, 2.45) is 40.4 Å². The van der Waals surface area contributed by atoms with Crippen molar-refractivity contribution in [3.8, 4) is 0 Å². The summed E-state index contributed by atoms with van der Waals surface area (Å²) in [6, 6.07) is 0. The molecule has 0 unspecified atom stereocenters. The molecule has 4 aliphatic carbocycles. The number of nitrogens with zero attached hydrogens (tertiary/aromatic N) is 1. The summed E-state index contributed by atoms with van der Waals surface area (Å²) in [4.78, 5) is 14.7. The molecular formula is C26H45NO3. The highest BCUT2D eigenvalue weighted by molar-refractivity contribution is 5.73. The maximum atomic E-state index is 12.5. The van der Waals surface area contributed by atoms with Crippen LogP contribution in [0.25, 0.3) is 0 Å². The maximum Gasteiger partial charge on any atom is 0.309 e. The molecule has 0 spiro atoms. The van der Waals surface area contributed by atoms with Crippen molar-refractivity contribution in [1.82, 2.24) is 4.90 Å². The first-order valence-corrected chi connectivity index (χ1v) is 12.7. The van der Waals surface area contributed by atoms with Gasteiger partial charge in [0.1, 0.15) is 5.72 Å². The van der Waals surface area contributed by atoms with Gasteiger partial charge in [-0.15, -0.1) is 0 Å². The number of aliphatic hydroxyl groups is 1. The van der Waals surface area contributed by atoms with Gasteiger partial charge in [-0.05, 0) is 106 Å². The Morgan fingerprint density at radius 3 is 2.47 bits per heavy atom. The molecule has 30 heavy (non-hydrogen) atoms. The van der Waals surface area contributed by atoms with Crippen LogP contribution in [0.15, 0.2) is 0 Å². The molecule has 0 saturated heterocycles. The summed E-state index contributed by atoms with van der Waals surface area (Å²) in [6.07, 6.45) is 12.5. The number of ether oxygens (including phenoxy) is 1. The summed E-state index contributed by atoms with van der Waals surface area (Å²) in [6.45, 7) is 8.16. The highest BCUT2D eigenvalue weighted by Crippen LogP contribution is 2.68. The third-order valence-electron chi connectivity index (χ3n) is 10.7. The number of fused-ring (bicyclic) bond motifs is 5. The van der Waals surface area contributed by atoms with E-state index in [-0.39, 0.29) is 17.3 Å². The zero-order valence-corrected chi connectivity index (χ0v) is 20.1. The van der Waals surface area contributed by atoms with Gasteiger partial charge in [0.05, 0.1) is 13.0 Å². The van der Waals surface area contributed by atoms with Crippen LogP contribution in [0, 0.1) is 40.4 Å². The molecule has 0 amide bonds. The first-order chi connectivity index (χ1) is 14.2. The van der Waals surface area contributed by atoms with Crippen molar-refractivity contribution in [2.45, 2.75) is 97.1 Å². The number of methoxy groups -OCH3 is 1. The lowest BCUT2D eigenvalue weighted by molar-refractivity contribution is -0.196. The van der Waals surface area contributed by atoms with Crippen molar-refractivity contribution in [2.75, 3.05) is 20.7 Å². The fraction of sp³-hybridized carbons (Fsp3) is 0.962. The zero-order valence-electron chi connectivity index (χ0n) is 20.1. The van der Waals surface area contributed by atoms with Crippen molar-refractivity contribution in [3.63, 3.8) is 0 Å². The van der Waals surface area contributed by atoms with Crippen LogP contribution >= 0.6 is 0 Å². The van der Waals surface area contributed by atoms with Crippen LogP contribution in [0.4, 0.5) is 0 Å². The lowest BCUT2D eigenvalue weighted by atomic mass is 9.44. The van der Waals surface area contributed by atoms with Crippen molar-refractivity contribution in [3.05, 3.63) is 0 Å². The second-order valence-electron chi connectivity index (χ2n) is 11.8. The van der Waals surface area contributed by atoms with Gasteiger partial charge in [0.25, 0.3) is 0 Å². The van der Waals surface area contributed by atoms with Gasteiger partial charge in [-0.3, -0.25) is 9.69 Å². The molecule has 0 bridgehead atoms. The van der Waals surface area contributed by atoms with E-state index in [4.69, 9.17) is 4.74 Å². The molecule has 0 radical (unpaired) electrons. The van der Waals surface area contributed by atoms with Crippen LogP contribution in [0.1, 0.15) is 91.4 Å². The van der Waals surface area contributed by atoms with Crippen LogP contribution in [0.3, 0.4) is 0 Å². The van der Waals surface area contributed by atoms with Crippen LogP contribution in [-0.4, -0.2) is 42.4 Å². The summed E-state index contributed by atoms with van der Waals surface area (Å²) in [5.74, 6) is 2.94. The molecule has 0 aliphatic heterocycles. The molecule has 172 valence electrons. The van der Waals surface area contributed by atoms with E-state index in [0.717, 1.165) is 50.5 Å². The quantitative estimate of drug-likeness (QED) is 0.489. The van der Waals surface area contributed by atoms with Crippen LogP contribution < -0.4 is 0 Å². The minimum absolute atomic E-state index is 0.0243. The SMILES string of the molecule is CCCCN(C)[C@]1(O)CC[C@@]2(C)[C@@H](CC[C@@H]3[C@@H]2CC[C@]2(C)[C@@H](C(=O)OC)CC[C@@H]32)C1. The Morgan fingerprint density at radius 1 is 1.03 bits per heavy atom. The van der Waals surface area contributed by atoms with Crippen LogP contribution in [0.2, 0.25) is 0 Å². The fourth-order valence-corrected chi connectivity index (χ4v) is 8.71. The van der Waals surface area contributed by atoms with E-state index < -0.39 is 5.72 Å². The standard InChI is InChI=1S/C26H45NO3/c1-6-7-16-27(4)26(29)15-14-24(2)18(17-26)8-9-19-20-10-11-22(23(28)30-5)25(20,3)13-12-21(19)24/h18-22,29H,6-17H2,1-5H3/t18-,19-,20-,21-,22+,24-,25-,26-/m0/s1. The smallest absolute Gasteiger partial charge is 0.309 e. The van der Waals surface area contributed by atoms with E-state index >= 15 is 0 Å². The van der Waals surface area contributed by atoms with Crippen molar-refractivity contribution in [1.29, 1.82) is 0 Å². The minimum Gasteiger partial charge on any atom is -0.469 e. The van der Waals surface area contributed by atoms with Gasteiger partial charge in [0, 0.05) is 6.54 Å². The molecule has 4 saturated carbocycles. The second-order valence-corrected chi connectivity index (χ2v) is 11.8. The number of hydrogen-bond acceptors (Lipinski definition) is 4. The minimum atomic E-state index is -0.612. The van der Waals surface area contributed by atoms with Crippen molar-refractivity contribution >= 4 is 5.97 Å². The number of rotatable bonds is 5. The van der Waals surface area contributed by atoms with E-state index in [1.807, 2.05) is 0 Å². The predicted octanol–water partition coefficient (Wildman–Crippen LogP) is 5.24. The molecule has 0 aromatic rings. The lowest BCUT2D eigenvalue weighted by Crippen LogP contribution is -2.59. The van der Waals surface area contributed by atoms with E-state index in [9.17, 15) is 9.90 Å². The predicted molar refractivity (Wildman–Crippen MR) is 120 cm³/mol. The Bertz CT molecular complexity index is 652. The topological polar surface area (TPSA) is 49.8 Å². The lowest BCUT2D eigenvalue weighted by Gasteiger charge is -2.62. The first kappa shape index (κ1) is 22.6. The summed E-state index contributed by atoms with van der Waals surface area (Å²) < 4.78 is 5.19. The van der Waals surface area contributed by atoms with E-state index in [1.54, 1.807) is 7.11 Å². The molecule has 0 aromatic heterocycles. The Balaban J connectivity index is 1.51. The summed E-state index contributed by atoms with van der Waals surface area (Å²) in [7, 11) is 3.68. The molecular weight excluding hydrogens is 374 g/mol. The highest BCUT2D eigenvalue weighted by atomic mass is 16.5. The van der Waals surface area contributed by atoms with Gasteiger partial charge in [-0.25, -0.2) is 0 Å². The van der Waals surface area contributed by atoms with E-state index in [0.29, 0.717) is 17.3 Å². The van der Waals surface area contributed by atoms with Crippen LogP contribution in [0.5, 0.6) is 0 Å². The molecule has 4 rings (SSSR count). The summed E-state index contributed by atoms with van der Waals surface area (Å²) in [5.41, 5.74) is -0.128. The monoisotopic (exact) mass is 419 g/mol. The largest absolute Gasteiger partial charge is 0.469 e. The molecule has 4 aliphatic rings. The number of carbonyl (C=O) groups is 1. The summed E-state index contributed by atoms with van der Waals surface area (Å²) in [5, 5.41) is 11.5. The fourth-order valence-electron chi connectivity index (χ4n) is 8.71. The van der Waals surface area contributed by atoms with Crippen LogP contribution in [-0.2, 0) is 9.53 Å². The molecule has 4 fully saturated rings. The zero-order chi connectivity index (χ0) is 21.7. The van der Waals surface area contributed by atoms with Gasteiger partial charge in [-0.2, -0.15) is 0 Å². The van der Waals surface area contributed by atoms with Gasteiger partial charge in [0.15, 0.2) is 0 Å². The molecule has 1 N–H and O–H groups in total. The normalized spacial score (nSPS) is 48.0. The van der Waals surface area contributed by atoms with E-state index in [1.165, 1.54) is 38.5 Å². The first-order valence-electron chi connectivity index (χ1n) is 12.7.